The fourth-order valence-corrected chi connectivity index (χ4v) is 4.65. The van der Waals surface area contributed by atoms with Gasteiger partial charge in [0, 0.05) is 30.1 Å². The number of nitrogens with zero attached hydrogens (tertiary/aromatic N) is 2. The summed E-state index contributed by atoms with van der Waals surface area (Å²) in [5.41, 5.74) is 1.64. The van der Waals surface area contributed by atoms with Crippen molar-refractivity contribution in [3.05, 3.63) is 43.5 Å². The first-order chi connectivity index (χ1) is 12.5. The van der Waals surface area contributed by atoms with Crippen molar-refractivity contribution in [3.8, 4) is 11.1 Å². The van der Waals surface area contributed by atoms with Crippen molar-refractivity contribution in [2.24, 2.45) is 0 Å². The van der Waals surface area contributed by atoms with Crippen molar-refractivity contribution < 1.29 is 0 Å². The molecule has 1 saturated heterocycles. The molecule has 2 aromatic heterocycles. The highest BCUT2D eigenvalue weighted by atomic mass is 35.5. The molecule has 136 valence electrons. The van der Waals surface area contributed by atoms with Gasteiger partial charge >= 0.3 is 0 Å². The van der Waals surface area contributed by atoms with Crippen molar-refractivity contribution >= 4 is 50.7 Å². The largest absolute Gasteiger partial charge is 0.341 e. The van der Waals surface area contributed by atoms with Gasteiger partial charge in [-0.15, -0.1) is 11.3 Å². The number of hydrogen-bond acceptors (Lipinski definition) is 5. The van der Waals surface area contributed by atoms with Crippen LogP contribution in [0.4, 0.5) is 5.95 Å². The Morgan fingerprint density at radius 3 is 2.85 bits per heavy atom. The maximum absolute atomic E-state index is 12.9. The molecule has 0 atom stereocenters. The van der Waals surface area contributed by atoms with Gasteiger partial charge in [0.25, 0.3) is 5.56 Å². The number of rotatable bonds is 2. The molecule has 1 fully saturated rings. The van der Waals surface area contributed by atoms with Crippen molar-refractivity contribution in [2.75, 3.05) is 31.1 Å². The van der Waals surface area contributed by atoms with Gasteiger partial charge in [0.1, 0.15) is 4.83 Å². The highest BCUT2D eigenvalue weighted by Crippen LogP contribution is 2.38. The Hall–Kier alpha value is -1.60. The molecule has 0 amide bonds. The number of hydrogen-bond donors (Lipinski definition) is 2. The van der Waals surface area contributed by atoms with Crippen LogP contribution < -0.4 is 15.8 Å². The van der Waals surface area contributed by atoms with Gasteiger partial charge in [-0.2, -0.15) is 0 Å². The predicted molar refractivity (Wildman–Crippen MR) is 110 cm³/mol. The summed E-state index contributed by atoms with van der Waals surface area (Å²) in [5.74, 6) is 0.646. The van der Waals surface area contributed by atoms with E-state index in [9.17, 15) is 4.79 Å². The SMILES string of the molecule is Cc1sc2nc(N3CCCNCC3)[nH]c(=O)c2c1-c1ccc(Cl)c(Cl)c1. The number of thiophene rings is 1. The molecule has 1 aliphatic rings. The topological polar surface area (TPSA) is 61.0 Å². The van der Waals surface area contributed by atoms with Crippen LogP contribution in [0.1, 0.15) is 11.3 Å². The maximum Gasteiger partial charge on any atom is 0.261 e. The summed E-state index contributed by atoms with van der Waals surface area (Å²) in [6, 6.07) is 5.44. The second kappa shape index (κ2) is 7.19. The maximum atomic E-state index is 12.9. The summed E-state index contributed by atoms with van der Waals surface area (Å²) in [6.45, 7) is 5.59. The van der Waals surface area contributed by atoms with Crippen LogP contribution in [-0.4, -0.2) is 36.1 Å². The fourth-order valence-electron chi connectivity index (χ4n) is 3.31. The molecule has 0 radical (unpaired) electrons. The van der Waals surface area contributed by atoms with E-state index in [4.69, 9.17) is 28.2 Å². The molecule has 0 unspecified atom stereocenters. The number of aromatic nitrogens is 2. The van der Waals surface area contributed by atoms with Gasteiger partial charge in [-0.25, -0.2) is 4.98 Å². The Balaban J connectivity index is 1.85. The molecule has 2 N–H and O–H groups in total. The summed E-state index contributed by atoms with van der Waals surface area (Å²) in [7, 11) is 0. The van der Waals surface area contributed by atoms with E-state index in [1.54, 1.807) is 12.1 Å². The van der Waals surface area contributed by atoms with E-state index in [0.717, 1.165) is 53.4 Å². The zero-order chi connectivity index (χ0) is 18.3. The fraction of sp³-hybridized carbons (Fsp3) is 0.333. The first-order valence-corrected chi connectivity index (χ1v) is 10.1. The lowest BCUT2D eigenvalue weighted by molar-refractivity contribution is 0.724. The average molecular weight is 409 g/mol. The van der Waals surface area contributed by atoms with Gasteiger partial charge in [0.15, 0.2) is 0 Å². The molecule has 0 aliphatic carbocycles. The zero-order valence-corrected chi connectivity index (χ0v) is 16.6. The molecule has 26 heavy (non-hydrogen) atoms. The molecule has 0 bridgehead atoms. The molecular formula is C18H18Cl2N4OS. The van der Waals surface area contributed by atoms with Gasteiger partial charge < -0.3 is 10.2 Å². The monoisotopic (exact) mass is 408 g/mol. The van der Waals surface area contributed by atoms with Crippen molar-refractivity contribution in [1.82, 2.24) is 15.3 Å². The van der Waals surface area contributed by atoms with E-state index in [1.807, 2.05) is 13.0 Å². The highest BCUT2D eigenvalue weighted by Gasteiger charge is 2.19. The summed E-state index contributed by atoms with van der Waals surface area (Å²) in [5, 5.41) is 4.94. The van der Waals surface area contributed by atoms with Gasteiger partial charge in [0.2, 0.25) is 5.95 Å². The molecule has 0 saturated carbocycles. The summed E-state index contributed by atoms with van der Waals surface area (Å²) in [4.78, 5) is 24.5. The number of nitrogens with one attached hydrogen (secondary N) is 2. The summed E-state index contributed by atoms with van der Waals surface area (Å²) < 4.78 is 0. The van der Waals surface area contributed by atoms with Crippen LogP contribution in [0.15, 0.2) is 23.0 Å². The number of halogens is 2. The van der Waals surface area contributed by atoms with Crippen LogP contribution in [0.3, 0.4) is 0 Å². The Kier molecular flexibility index (Phi) is 4.92. The summed E-state index contributed by atoms with van der Waals surface area (Å²) in [6.07, 6.45) is 1.03. The van der Waals surface area contributed by atoms with Gasteiger partial charge in [-0.05, 0) is 37.6 Å². The van der Waals surface area contributed by atoms with Crippen LogP contribution >= 0.6 is 34.5 Å². The molecule has 1 aromatic carbocycles. The number of benzene rings is 1. The molecular weight excluding hydrogens is 391 g/mol. The van der Waals surface area contributed by atoms with Crippen molar-refractivity contribution in [3.63, 3.8) is 0 Å². The zero-order valence-electron chi connectivity index (χ0n) is 14.2. The quantitative estimate of drug-likeness (QED) is 0.670. The lowest BCUT2D eigenvalue weighted by Gasteiger charge is -2.20. The van der Waals surface area contributed by atoms with E-state index in [-0.39, 0.29) is 5.56 Å². The van der Waals surface area contributed by atoms with Crippen molar-refractivity contribution in [2.45, 2.75) is 13.3 Å². The number of H-pyrrole nitrogens is 1. The number of anilines is 1. The normalized spacial score (nSPS) is 15.4. The van der Waals surface area contributed by atoms with Gasteiger partial charge in [0.05, 0.1) is 15.4 Å². The van der Waals surface area contributed by atoms with Gasteiger partial charge in [-0.3, -0.25) is 9.78 Å². The minimum atomic E-state index is -0.118. The van der Waals surface area contributed by atoms with E-state index in [0.29, 0.717) is 21.4 Å². The van der Waals surface area contributed by atoms with Crippen molar-refractivity contribution in [1.29, 1.82) is 0 Å². The summed E-state index contributed by atoms with van der Waals surface area (Å²) >= 11 is 13.7. The Morgan fingerprint density at radius 2 is 2.04 bits per heavy atom. The number of aromatic amines is 1. The first kappa shape index (κ1) is 17.8. The Bertz CT molecular complexity index is 1020. The minimum absolute atomic E-state index is 0.118. The molecule has 3 aromatic rings. The third kappa shape index (κ3) is 3.22. The van der Waals surface area contributed by atoms with Crippen LogP contribution in [0, 0.1) is 6.92 Å². The average Bonchev–Trinajstić information content (AvgIpc) is 2.79. The van der Waals surface area contributed by atoms with E-state index < -0.39 is 0 Å². The third-order valence-corrected chi connectivity index (χ3v) is 6.31. The van der Waals surface area contributed by atoms with E-state index in [1.165, 1.54) is 11.3 Å². The van der Waals surface area contributed by atoms with Crippen LogP contribution in [-0.2, 0) is 0 Å². The molecule has 0 spiro atoms. The molecule has 4 rings (SSSR count). The third-order valence-electron chi connectivity index (χ3n) is 4.57. The van der Waals surface area contributed by atoms with Crippen LogP contribution in [0.25, 0.3) is 21.3 Å². The lowest BCUT2D eigenvalue weighted by atomic mass is 10.0. The second-order valence-corrected chi connectivity index (χ2v) is 8.34. The molecule has 5 nitrogen and oxygen atoms in total. The number of fused-ring (bicyclic) bond motifs is 1. The van der Waals surface area contributed by atoms with Crippen LogP contribution in [0.5, 0.6) is 0 Å². The second-order valence-electron chi connectivity index (χ2n) is 6.32. The smallest absolute Gasteiger partial charge is 0.261 e. The Morgan fingerprint density at radius 1 is 1.19 bits per heavy atom. The molecule has 3 heterocycles. The highest BCUT2D eigenvalue weighted by molar-refractivity contribution is 7.19. The van der Waals surface area contributed by atoms with E-state index >= 15 is 0 Å². The standard InChI is InChI=1S/C18H18Cl2N4OS/c1-10-14(11-3-4-12(19)13(20)9-11)15-16(25)22-18(23-17(15)26-10)24-7-2-5-21-6-8-24/h3-4,9,21H,2,5-8H2,1H3,(H,22,23,25). The predicted octanol–water partition coefficient (Wildman–Crippen LogP) is 4.07. The van der Waals surface area contributed by atoms with Crippen LogP contribution in [0.2, 0.25) is 10.0 Å². The van der Waals surface area contributed by atoms with Gasteiger partial charge in [-0.1, -0.05) is 29.3 Å². The molecule has 8 heteroatoms. The number of aryl methyl sites for hydroxylation is 1. The Labute approximate surface area is 165 Å². The van der Waals surface area contributed by atoms with E-state index in [2.05, 4.69) is 15.2 Å². The lowest BCUT2D eigenvalue weighted by Crippen LogP contribution is -2.31. The molecule has 1 aliphatic heterocycles. The minimum Gasteiger partial charge on any atom is -0.341 e. The first-order valence-electron chi connectivity index (χ1n) is 8.49.